The van der Waals surface area contributed by atoms with E-state index in [1.165, 1.54) is 50.0 Å². The maximum Gasteiger partial charge on any atom is 0.0366 e. The molecule has 0 N–H and O–H groups in total. The summed E-state index contributed by atoms with van der Waals surface area (Å²) in [5.74, 6) is 0.978. The summed E-state index contributed by atoms with van der Waals surface area (Å²) in [5, 5.41) is 0. The van der Waals surface area contributed by atoms with Gasteiger partial charge in [-0.1, -0.05) is 51.3 Å². The first kappa shape index (κ1) is 15.1. The van der Waals surface area contributed by atoms with Gasteiger partial charge in [-0.2, -0.15) is 0 Å². The lowest BCUT2D eigenvalue weighted by atomic mass is 9.92. The fraction of sp³-hybridized carbons (Fsp3) is 0.647. The molecule has 1 aliphatic heterocycles. The van der Waals surface area contributed by atoms with E-state index in [9.17, 15) is 0 Å². The van der Waals surface area contributed by atoms with Crippen molar-refractivity contribution in [2.24, 2.45) is 5.92 Å². The fourth-order valence-corrected chi connectivity index (χ4v) is 2.64. The first-order valence-corrected chi connectivity index (χ1v) is 7.61. The van der Waals surface area contributed by atoms with Crippen LogP contribution in [0.2, 0.25) is 0 Å². The third kappa shape index (κ3) is 4.36. The topological polar surface area (TPSA) is 3.24 Å². The summed E-state index contributed by atoms with van der Waals surface area (Å²) in [4.78, 5) is 2.53. The Morgan fingerprint density at radius 3 is 2.11 bits per heavy atom. The maximum atomic E-state index is 2.53. The molecule has 0 spiro atoms. The zero-order valence-electron chi connectivity index (χ0n) is 12.6. The molecule has 1 aliphatic rings. The van der Waals surface area contributed by atoms with Crippen LogP contribution in [-0.2, 0) is 0 Å². The van der Waals surface area contributed by atoms with Crippen molar-refractivity contribution < 1.29 is 0 Å². The summed E-state index contributed by atoms with van der Waals surface area (Å²) < 4.78 is 0. The highest BCUT2D eigenvalue weighted by molar-refractivity contribution is 5.47. The molecule has 0 saturated carbocycles. The molecule has 0 amide bonds. The molecule has 1 saturated heterocycles. The van der Waals surface area contributed by atoms with Gasteiger partial charge in [0.2, 0.25) is 0 Å². The van der Waals surface area contributed by atoms with Gasteiger partial charge in [-0.05, 0) is 37.8 Å². The monoisotopic (exact) mass is 247 g/mol. The molecule has 0 aliphatic carbocycles. The molecule has 1 nitrogen and oxygen atoms in total. The molecule has 102 valence electrons. The number of aryl methyl sites for hydroxylation is 1. The lowest BCUT2D eigenvalue weighted by molar-refractivity contribution is 0.378. The van der Waals surface area contributed by atoms with Crippen LogP contribution in [0, 0.1) is 12.8 Å². The third-order valence-corrected chi connectivity index (χ3v) is 3.71. The van der Waals surface area contributed by atoms with Crippen molar-refractivity contribution in [3.63, 3.8) is 0 Å². The van der Waals surface area contributed by atoms with Gasteiger partial charge in [-0.15, -0.1) is 0 Å². The van der Waals surface area contributed by atoms with Crippen LogP contribution >= 0.6 is 0 Å². The molecule has 0 radical (unpaired) electrons. The third-order valence-electron chi connectivity index (χ3n) is 3.71. The first-order valence-electron chi connectivity index (χ1n) is 7.61. The van der Waals surface area contributed by atoms with E-state index in [0.717, 1.165) is 5.92 Å². The summed E-state index contributed by atoms with van der Waals surface area (Å²) >= 11 is 0. The van der Waals surface area contributed by atoms with E-state index in [1.807, 2.05) is 13.8 Å². The molecule has 0 unspecified atom stereocenters. The Bertz CT molecular complexity index is 307. The van der Waals surface area contributed by atoms with Crippen LogP contribution in [0.25, 0.3) is 0 Å². The molecule has 1 heterocycles. The van der Waals surface area contributed by atoms with Crippen molar-refractivity contribution in [3.8, 4) is 0 Å². The van der Waals surface area contributed by atoms with Crippen LogP contribution in [0.3, 0.4) is 0 Å². The van der Waals surface area contributed by atoms with Crippen LogP contribution < -0.4 is 4.90 Å². The predicted molar refractivity (Wildman–Crippen MR) is 82.4 cm³/mol. The van der Waals surface area contributed by atoms with Crippen LogP contribution in [0.4, 0.5) is 5.69 Å². The number of benzene rings is 1. The van der Waals surface area contributed by atoms with E-state index in [4.69, 9.17) is 0 Å². The molecule has 1 aromatic carbocycles. The Morgan fingerprint density at radius 2 is 1.61 bits per heavy atom. The minimum absolute atomic E-state index is 0.978. The van der Waals surface area contributed by atoms with Gasteiger partial charge >= 0.3 is 0 Å². The molecular weight excluding hydrogens is 218 g/mol. The van der Waals surface area contributed by atoms with Crippen molar-refractivity contribution >= 4 is 5.69 Å². The van der Waals surface area contributed by atoms with Gasteiger partial charge in [0.1, 0.15) is 0 Å². The van der Waals surface area contributed by atoms with E-state index in [1.54, 1.807) is 0 Å². The number of hydrogen-bond donors (Lipinski definition) is 0. The standard InChI is InChI=1S/C15H23N.C2H6/c1-3-4-14-9-11-16(12-10-14)15-7-5-13(2)6-8-15;1-2/h5-8,14H,3-4,9-12H2,1-2H3;1-2H3. The summed E-state index contributed by atoms with van der Waals surface area (Å²) in [5.41, 5.74) is 2.75. The van der Waals surface area contributed by atoms with E-state index >= 15 is 0 Å². The Kier molecular flexibility index (Phi) is 6.85. The van der Waals surface area contributed by atoms with Gasteiger partial charge in [0.05, 0.1) is 0 Å². The minimum Gasteiger partial charge on any atom is -0.372 e. The summed E-state index contributed by atoms with van der Waals surface area (Å²) in [7, 11) is 0. The number of anilines is 1. The van der Waals surface area contributed by atoms with Gasteiger partial charge < -0.3 is 4.90 Å². The largest absolute Gasteiger partial charge is 0.372 e. The van der Waals surface area contributed by atoms with E-state index in [-0.39, 0.29) is 0 Å². The lowest BCUT2D eigenvalue weighted by Crippen LogP contribution is -2.33. The average molecular weight is 247 g/mol. The Labute approximate surface area is 113 Å². The SMILES string of the molecule is CC.CCCC1CCN(c2ccc(C)cc2)CC1. The molecule has 18 heavy (non-hydrogen) atoms. The summed E-state index contributed by atoms with van der Waals surface area (Å²) in [6.45, 7) is 10.9. The zero-order chi connectivity index (χ0) is 13.4. The second-order valence-electron chi connectivity index (χ2n) is 5.05. The van der Waals surface area contributed by atoms with Crippen LogP contribution in [0.15, 0.2) is 24.3 Å². The van der Waals surface area contributed by atoms with Crippen LogP contribution in [-0.4, -0.2) is 13.1 Å². The maximum absolute atomic E-state index is 2.53. The smallest absolute Gasteiger partial charge is 0.0366 e. The first-order chi connectivity index (χ1) is 8.79. The number of piperidine rings is 1. The highest BCUT2D eigenvalue weighted by Gasteiger charge is 2.18. The van der Waals surface area contributed by atoms with Crippen molar-refractivity contribution in [2.45, 2.75) is 53.4 Å². The predicted octanol–water partition coefficient (Wildman–Crippen LogP) is 5.04. The van der Waals surface area contributed by atoms with Crippen molar-refractivity contribution in [1.29, 1.82) is 0 Å². The normalized spacial score (nSPS) is 16.1. The molecule has 0 atom stereocenters. The van der Waals surface area contributed by atoms with Gasteiger partial charge in [0.25, 0.3) is 0 Å². The van der Waals surface area contributed by atoms with Crippen molar-refractivity contribution in [3.05, 3.63) is 29.8 Å². The van der Waals surface area contributed by atoms with E-state index in [0.29, 0.717) is 0 Å². The fourth-order valence-electron chi connectivity index (χ4n) is 2.64. The van der Waals surface area contributed by atoms with Crippen LogP contribution in [0.5, 0.6) is 0 Å². The molecule has 1 heteroatoms. The zero-order valence-corrected chi connectivity index (χ0v) is 12.6. The van der Waals surface area contributed by atoms with E-state index < -0.39 is 0 Å². The Balaban J connectivity index is 0.000000771. The second-order valence-corrected chi connectivity index (χ2v) is 5.05. The molecule has 1 fully saturated rings. The van der Waals surface area contributed by atoms with Gasteiger partial charge in [0, 0.05) is 18.8 Å². The van der Waals surface area contributed by atoms with Gasteiger partial charge in [-0.3, -0.25) is 0 Å². The number of hydrogen-bond acceptors (Lipinski definition) is 1. The highest BCUT2D eigenvalue weighted by atomic mass is 15.1. The Morgan fingerprint density at radius 1 is 1.06 bits per heavy atom. The summed E-state index contributed by atoms with van der Waals surface area (Å²) in [6.07, 6.45) is 5.51. The van der Waals surface area contributed by atoms with Gasteiger partial charge in [0.15, 0.2) is 0 Å². The minimum atomic E-state index is 0.978. The Hall–Kier alpha value is -0.980. The van der Waals surface area contributed by atoms with Crippen molar-refractivity contribution in [1.82, 2.24) is 0 Å². The lowest BCUT2D eigenvalue weighted by Gasteiger charge is -2.33. The van der Waals surface area contributed by atoms with Crippen molar-refractivity contribution in [2.75, 3.05) is 18.0 Å². The molecule has 0 aromatic heterocycles. The molecule has 1 aromatic rings. The number of nitrogens with zero attached hydrogens (tertiary/aromatic N) is 1. The quantitative estimate of drug-likeness (QED) is 0.723. The summed E-state index contributed by atoms with van der Waals surface area (Å²) in [6, 6.07) is 8.95. The molecule has 2 rings (SSSR count). The molecular formula is C17H29N. The molecule has 0 bridgehead atoms. The van der Waals surface area contributed by atoms with E-state index in [2.05, 4.69) is 43.0 Å². The number of rotatable bonds is 3. The second kappa shape index (κ2) is 8.18. The van der Waals surface area contributed by atoms with Gasteiger partial charge in [-0.25, -0.2) is 0 Å². The average Bonchev–Trinajstić information content (AvgIpc) is 2.43. The van der Waals surface area contributed by atoms with Crippen LogP contribution in [0.1, 0.15) is 52.0 Å². The highest BCUT2D eigenvalue weighted by Crippen LogP contribution is 2.25.